The average molecular weight is 447 g/mol. The lowest BCUT2D eigenvalue weighted by Gasteiger charge is -2.34. The van der Waals surface area contributed by atoms with E-state index >= 15 is 0 Å². The highest BCUT2D eigenvalue weighted by atomic mass is 35.5. The molecule has 3 heterocycles. The van der Waals surface area contributed by atoms with Gasteiger partial charge in [-0.25, -0.2) is 4.98 Å². The topological polar surface area (TPSA) is 61.1 Å². The van der Waals surface area contributed by atoms with Crippen LogP contribution in [-0.4, -0.2) is 26.5 Å². The first kappa shape index (κ1) is 20.5. The van der Waals surface area contributed by atoms with Crippen LogP contribution in [0.1, 0.15) is 19.4 Å². The number of aromatic nitrogens is 3. The van der Waals surface area contributed by atoms with Gasteiger partial charge in [0, 0.05) is 29.8 Å². The fourth-order valence-corrected chi connectivity index (χ4v) is 4.26. The number of ether oxygens (including phenoxy) is 1. The zero-order valence-electron chi connectivity index (χ0n) is 18.1. The molecule has 0 fully saturated rings. The molecule has 1 aliphatic rings. The lowest BCUT2D eigenvalue weighted by atomic mass is 10.0. The summed E-state index contributed by atoms with van der Waals surface area (Å²) < 4.78 is 9.54. The van der Waals surface area contributed by atoms with Crippen molar-refractivity contribution in [3.63, 3.8) is 0 Å². The molecule has 0 spiro atoms. The van der Waals surface area contributed by atoms with Crippen LogP contribution in [0.25, 0.3) is 33.9 Å². The lowest BCUT2D eigenvalue weighted by molar-refractivity contribution is 0.0352. The van der Waals surface area contributed by atoms with Crippen molar-refractivity contribution < 1.29 is 4.74 Å². The SMILES string of the molecule is CCOC1(C)C=Cc2cc(-c3ccc4ncn(C)c4c3)c(=O)n(-c3ccc(Cl)cc3)c2N1. The maximum Gasteiger partial charge on any atom is 0.264 e. The Morgan fingerprint density at radius 2 is 1.94 bits per heavy atom. The fraction of sp³-hybridized carbons (Fsp3) is 0.200. The number of fused-ring (bicyclic) bond motifs is 2. The Morgan fingerprint density at radius 1 is 1.16 bits per heavy atom. The first-order chi connectivity index (χ1) is 15.4. The van der Waals surface area contributed by atoms with Crippen molar-refractivity contribution in [3.05, 3.63) is 81.9 Å². The molecule has 0 bridgehead atoms. The van der Waals surface area contributed by atoms with Gasteiger partial charge in [0.2, 0.25) is 0 Å². The minimum Gasteiger partial charge on any atom is -0.353 e. The number of hydrogen-bond donors (Lipinski definition) is 1. The van der Waals surface area contributed by atoms with Gasteiger partial charge in [-0.2, -0.15) is 0 Å². The van der Waals surface area contributed by atoms with E-state index in [1.165, 1.54) is 0 Å². The molecule has 1 aliphatic heterocycles. The number of nitrogens with zero attached hydrogens (tertiary/aromatic N) is 3. The Hall–Kier alpha value is -3.35. The van der Waals surface area contributed by atoms with Gasteiger partial charge in [-0.1, -0.05) is 23.7 Å². The predicted molar refractivity (Wildman–Crippen MR) is 129 cm³/mol. The Morgan fingerprint density at radius 3 is 2.69 bits per heavy atom. The predicted octanol–water partition coefficient (Wildman–Crippen LogP) is 5.24. The van der Waals surface area contributed by atoms with Crippen LogP contribution in [-0.2, 0) is 11.8 Å². The van der Waals surface area contributed by atoms with Gasteiger partial charge in [0.1, 0.15) is 5.82 Å². The van der Waals surface area contributed by atoms with Gasteiger partial charge in [-0.05, 0) is 68.0 Å². The molecular weight excluding hydrogens is 424 g/mol. The van der Waals surface area contributed by atoms with Gasteiger partial charge in [0.25, 0.3) is 5.56 Å². The average Bonchev–Trinajstić information content (AvgIpc) is 3.15. The van der Waals surface area contributed by atoms with Gasteiger partial charge in [-0.15, -0.1) is 0 Å². The van der Waals surface area contributed by atoms with Gasteiger partial charge < -0.3 is 14.6 Å². The van der Waals surface area contributed by atoms with Crippen LogP contribution in [0.4, 0.5) is 5.82 Å². The van der Waals surface area contributed by atoms with Crippen molar-refractivity contribution in [1.82, 2.24) is 14.1 Å². The number of aryl methyl sites for hydroxylation is 1. The Kier molecular flexibility index (Phi) is 4.92. The molecule has 0 aliphatic carbocycles. The van der Waals surface area contributed by atoms with Crippen LogP contribution in [0.15, 0.2) is 65.7 Å². The van der Waals surface area contributed by atoms with E-state index in [1.54, 1.807) is 23.0 Å². The van der Waals surface area contributed by atoms with Crippen molar-refractivity contribution in [2.45, 2.75) is 19.6 Å². The Labute approximate surface area is 190 Å². The lowest BCUT2D eigenvalue weighted by Crippen LogP contribution is -2.40. The monoisotopic (exact) mass is 446 g/mol. The Balaban J connectivity index is 1.77. The van der Waals surface area contributed by atoms with Gasteiger partial charge >= 0.3 is 0 Å². The third-order valence-electron chi connectivity index (χ3n) is 5.74. The van der Waals surface area contributed by atoms with Crippen molar-refractivity contribution in [1.29, 1.82) is 0 Å². The zero-order chi connectivity index (χ0) is 22.5. The zero-order valence-corrected chi connectivity index (χ0v) is 18.8. The Bertz CT molecular complexity index is 1420. The van der Waals surface area contributed by atoms with Gasteiger partial charge in [0.15, 0.2) is 5.72 Å². The number of imidazole rings is 1. The van der Waals surface area contributed by atoms with E-state index in [4.69, 9.17) is 16.3 Å². The van der Waals surface area contributed by atoms with E-state index in [0.717, 1.165) is 27.8 Å². The minimum absolute atomic E-state index is 0.130. The third-order valence-corrected chi connectivity index (χ3v) is 6.00. The molecule has 0 radical (unpaired) electrons. The molecule has 0 amide bonds. The number of halogens is 1. The van der Waals surface area contributed by atoms with Crippen LogP contribution in [0, 0.1) is 0 Å². The second-order valence-electron chi connectivity index (χ2n) is 8.04. The summed E-state index contributed by atoms with van der Waals surface area (Å²) in [6.07, 6.45) is 5.75. The van der Waals surface area contributed by atoms with Crippen molar-refractivity contribution in [3.8, 4) is 16.8 Å². The second-order valence-corrected chi connectivity index (χ2v) is 8.47. The normalized spacial score (nSPS) is 17.4. The van der Waals surface area contributed by atoms with E-state index in [0.29, 0.717) is 23.0 Å². The molecule has 162 valence electrons. The van der Waals surface area contributed by atoms with Crippen molar-refractivity contribution in [2.75, 3.05) is 11.9 Å². The van der Waals surface area contributed by atoms with Crippen molar-refractivity contribution in [2.24, 2.45) is 7.05 Å². The summed E-state index contributed by atoms with van der Waals surface area (Å²) in [6.45, 7) is 4.42. The number of benzene rings is 2. The number of anilines is 1. The number of rotatable bonds is 4. The summed E-state index contributed by atoms with van der Waals surface area (Å²) in [6, 6.07) is 15.1. The molecule has 1 N–H and O–H groups in total. The van der Waals surface area contributed by atoms with E-state index in [1.807, 2.05) is 74.0 Å². The molecular formula is C25H23ClN4O2. The minimum atomic E-state index is -0.711. The molecule has 6 nitrogen and oxygen atoms in total. The van der Waals surface area contributed by atoms with Crippen molar-refractivity contribution >= 4 is 34.5 Å². The molecule has 1 unspecified atom stereocenters. The quantitative estimate of drug-likeness (QED) is 0.466. The van der Waals surface area contributed by atoms with Crippen LogP contribution in [0.2, 0.25) is 5.02 Å². The van der Waals surface area contributed by atoms with Crippen LogP contribution in [0.3, 0.4) is 0 Å². The van der Waals surface area contributed by atoms with E-state index in [9.17, 15) is 4.79 Å². The summed E-state index contributed by atoms with van der Waals surface area (Å²) in [5.41, 5.74) is 4.08. The standard InChI is InChI=1S/C25H23ClN4O2/c1-4-32-25(2)12-11-17-13-20(16-5-10-21-22(14-16)29(3)15-27-21)24(31)30(23(17)28-25)19-8-6-18(26)7-9-19/h5-15,28H,4H2,1-3H3. The molecule has 5 rings (SSSR count). The summed E-state index contributed by atoms with van der Waals surface area (Å²) >= 11 is 6.11. The van der Waals surface area contributed by atoms with Gasteiger partial charge in [-0.3, -0.25) is 9.36 Å². The molecule has 4 aromatic rings. The third kappa shape index (κ3) is 3.42. The maximum absolute atomic E-state index is 13.9. The van der Waals surface area contributed by atoms with E-state index in [-0.39, 0.29) is 5.56 Å². The molecule has 0 saturated carbocycles. The smallest absolute Gasteiger partial charge is 0.264 e. The number of hydrogen-bond acceptors (Lipinski definition) is 4. The summed E-state index contributed by atoms with van der Waals surface area (Å²) in [5.74, 6) is 0.682. The molecule has 2 aromatic heterocycles. The number of nitrogens with one attached hydrogen (secondary N) is 1. The van der Waals surface area contributed by atoms with Crippen LogP contribution in [0.5, 0.6) is 0 Å². The number of pyridine rings is 1. The molecule has 2 aromatic carbocycles. The molecule has 7 heteroatoms. The summed E-state index contributed by atoms with van der Waals surface area (Å²) in [4.78, 5) is 18.2. The maximum atomic E-state index is 13.9. The highest BCUT2D eigenvalue weighted by molar-refractivity contribution is 6.30. The second kappa shape index (κ2) is 7.65. The van der Waals surface area contributed by atoms with Crippen LogP contribution >= 0.6 is 11.6 Å². The largest absolute Gasteiger partial charge is 0.353 e. The first-order valence-electron chi connectivity index (χ1n) is 10.5. The first-order valence-corrected chi connectivity index (χ1v) is 10.9. The molecule has 1 atom stereocenters. The highest BCUT2D eigenvalue weighted by Gasteiger charge is 2.29. The van der Waals surface area contributed by atoms with E-state index < -0.39 is 5.72 Å². The molecule has 32 heavy (non-hydrogen) atoms. The van der Waals surface area contributed by atoms with Gasteiger partial charge in [0.05, 0.1) is 23.0 Å². The van der Waals surface area contributed by atoms with Crippen LogP contribution < -0.4 is 10.9 Å². The molecule has 0 saturated heterocycles. The summed E-state index contributed by atoms with van der Waals surface area (Å²) in [7, 11) is 1.94. The van der Waals surface area contributed by atoms with E-state index in [2.05, 4.69) is 10.3 Å². The fourth-order valence-electron chi connectivity index (χ4n) is 4.14. The highest BCUT2D eigenvalue weighted by Crippen LogP contribution is 2.33. The summed E-state index contributed by atoms with van der Waals surface area (Å²) in [5, 5.41) is 4.03.